The van der Waals surface area contributed by atoms with Gasteiger partial charge in [-0.2, -0.15) is 0 Å². The van der Waals surface area contributed by atoms with Gasteiger partial charge in [0.25, 0.3) is 0 Å². The van der Waals surface area contributed by atoms with Crippen LogP contribution in [0.25, 0.3) is 0 Å². The quantitative estimate of drug-likeness (QED) is 0.805. The van der Waals surface area contributed by atoms with Crippen LogP contribution in [0.2, 0.25) is 0 Å². The Labute approximate surface area is 80.6 Å². The zero-order valence-electron chi connectivity index (χ0n) is 6.70. The van der Waals surface area contributed by atoms with E-state index in [1.165, 1.54) is 0 Å². The van der Waals surface area contributed by atoms with Crippen LogP contribution in [0.3, 0.4) is 0 Å². The van der Waals surface area contributed by atoms with Crippen LogP contribution in [0, 0.1) is 0 Å². The lowest BCUT2D eigenvalue weighted by molar-refractivity contribution is 0.736. The molecular formula is C9H11BrN2. The molecule has 1 rings (SSSR count). The van der Waals surface area contributed by atoms with E-state index in [-0.39, 0.29) is 6.04 Å². The van der Waals surface area contributed by atoms with Crippen molar-refractivity contribution in [1.82, 2.24) is 4.98 Å². The zero-order valence-corrected chi connectivity index (χ0v) is 8.29. The van der Waals surface area contributed by atoms with Crippen molar-refractivity contribution < 1.29 is 0 Å². The minimum absolute atomic E-state index is 0.00694. The van der Waals surface area contributed by atoms with E-state index < -0.39 is 0 Å². The summed E-state index contributed by atoms with van der Waals surface area (Å²) in [5, 5.41) is 0. The zero-order chi connectivity index (χ0) is 8.97. The summed E-state index contributed by atoms with van der Waals surface area (Å²) in [7, 11) is 0. The standard InChI is InChI=1S/C9H11BrN2/c1-2-3-9(11)7-4-8(10)6-12-5-7/h2,4-6,9H,1,3,11H2. The van der Waals surface area contributed by atoms with Gasteiger partial charge in [0, 0.05) is 22.9 Å². The van der Waals surface area contributed by atoms with E-state index in [1.807, 2.05) is 12.1 Å². The molecule has 1 atom stereocenters. The molecule has 0 amide bonds. The van der Waals surface area contributed by atoms with E-state index >= 15 is 0 Å². The van der Waals surface area contributed by atoms with Crippen LogP contribution in [0.1, 0.15) is 18.0 Å². The first-order chi connectivity index (χ1) is 5.74. The maximum absolute atomic E-state index is 5.84. The second-order valence-electron chi connectivity index (χ2n) is 2.57. The second-order valence-corrected chi connectivity index (χ2v) is 3.48. The smallest absolute Gasteiger partial charge is 0.0410 e. The molecule has 0 aliphatic carbocycles. The van der Waals surface area contributed by atoms with Crippen molar-refractivity contribution in [3.8, 4) is 0 Å². The lowest BCUT2D eigenvalue weighted by atomic mass is 10.1. The summed E-state index contributed by atoms with van der Waals surface area (Å²) in [5.74, 6) is 0. The Morgan fingerprint density at radius 1 is 1.67 bits per heavy atom. The summed E-state index contributed by atoms with van der Waals surface area (Å²) >= 11 is 3.34. The van der Waals surface area contributed by atoms with Crippen molar-refractivity contribution in [2.24, 2.45) is 5.73 Å². The van der Waals surface area contributed by atoms with Crippen molar-refractivity contribution in [2.75, 3.05) is 0 Å². The average molecular weight is 227 g/mol. The van der Waals surface area contributed by atoms with Crippen LogP contribution in [0.15, 0.2) is 35.6 Å². The molecule has 1 aromatic rings. The molecule has 1 aromatic heterocycles. The normalized spacial score (nSPS) is 12.5. The Morgan fingerprint density at radius 2 is 2.42 bits per heavy atom. The van der Waals surface area contributed by atoms with Gasteiger partial charge in [0.15, 0.2) is 0 Å². The lowest BCUT2D eigenvalue weighted by Crippen LogP contribution is -2.09. The Morgan fingerprint density at radius 3 is 3.00 bits per heavy atom. The average Bonchev–Trinajstić information content (AvgIpc) is 2.05. The molecule has 0 aliphatic heterocycles. The van der Waals surface area contributed by atoms with Crippen LogP contribution in [-0.2, 0) is 0 Å². The maximum atomic E-state index is 5.84. The number of nitrogens with two attached hydrogens (primary N) is 1. The Balaban J connectivity index is 2.80. The summed E-state index contributed by atoms with van der Waals surface area (Å²) < 4.78 is 0.958. The number of aromatic nitrogens is 1. The molecule has 12 heavy (non-hydrogen) atoms. The minimum Gasteiger partial charge on any atom is -0.324 e. The third kappa shape index (κ3) is 2.43. The predicted octanol–water partition coefficient (Wildman–Crippen LogP) is 2.42. The second kappa shape index (κ2) is 4.38. The number of halogens is 1. The van der Waals surface area contributed by atoms with Crippen molar-refractivity contribution in [1.29, 1.82) is 0 Å². The fourth-order valence-electron chi connectivity index (χ4n) is 0.947. The summed E-state index contributed by atoms with van der Waals surface area (Å²) in [6.07, 6.45) is 6.10. The van der Waals surface area contributed by atoms with Crippen molar-refractivity contribution in [3.63, 3.8) is 0 Å². The van der Waals surface area contributed by atoms with E-state index in [0.29, 0.717) is 0 Å². The van der Waals surface area contributed by atoms with Crippen molar-refractivity contribution in [3.05, 3.63) is 41.2 Å². The fraction of sp³-hybridized carbons (Fsp3) is 0.222. The number of hydrogen-bond donors (Lipinski definition) is 1. The maximum Gasteiger partial charge on any atom is 0.0410 e. The molecular weight excluding hydrogens is 216 g/mol. The SMILES string of the molecule is C=CCC(N)c1cncc(Br)c1. The molecule has 0 spiro atoms. The van der Waals surface area contributed by atoms with Gasteiger partial charge >= 0.3 is 0 Å². The van der Waals surface area contributed by atoms with Gasteiger partial charge < -0.3 is 5.73 Å². The van der Waals surface area contributed by atoms with Gasteiger partial charge in [-0.05, 0) is 34.0 Å². The van der Waals surface area contributed by atoms with E-state index in [9.17, 15) is 0 Å². The molecule has 3 heteroatoms. The minimum atomic E-state index is 0.00694. The van der Waals surface area contributed by atoms with E-state index in [0.717, 1.165) is 16.5 Å². The van der Waals surface area contributed by atoms with Gasteiger partial charge in [-0.15, -0.1) is 6.58 Å². The number of pyridine rings is 1. The summed E-state index contributed by atoms with van der Waals surface area (Å²) in [4.78, 5) is 4.03. The number of nitrogens with zero attached hydrogens (tertiary/aromatic N) is 1. The summed E-state index contributed by atoms with van der Waals surface area (Å²) in [5.41, 5.74) is 6.87. The van der Waals surface area contributed by atoms with Gasteiger partial charge in [0.05, 0.1) is 0 Å². The molecule has 0 saturated heterocycles. The molecule has 0 bridgehead atoms. The van der Waals surface area contributed by atoms with Crippen LogP contribution in [0.4, 0.5) is 0 Å². The highest BCUT2D eigenvalue weighted by Gasteiger charge is 2.03. The Bertz CT molecular complexity index is 273. The van der Waals surface area contributed by atoms with Crippen LogP contribution in [-0.4, -0.2) is 4.98 Å². The molecule has 2 N–H and O–H groups in total. The lowest BCUT2D eigenvalue weighted by Gasteiger charge is -2.08. The first kappa shape index (κ1) is 9.42. The Hall–Kier alpha value is -0.670. The van der Waals surface area contributed by atoms with E-state index in [4.69, 9.17) is 5.73 Å². The fourth-order valence-corrected chi connectivity index (χ4v) is 1.33. The van der Waals surface area contributed by atoms with Gasteiger partial charge in [0.2, 0.25) is 0 Å². The van der Waals surface area contributed by atoms with Crippen LogP contribution >= 0.6 is 15.9 Å². The molecule has 64 valence electrons. The highest BCUT2D eigenvalue weighted by Crippen LogP contribution is 2.17. The van der Waals surface area contributed by atoms with Gasteiger partial charge in [-0.3, -0.25) is 4.98 Å². The van der Waals surface area contributed by atoms with Gasteiger partial charge in [-0.25, -0.2) is 0 Å². The first-order valence-corrected chi connectivity index (χ1v) is 4.50. The molecule has 0 radical (unpaired) electrons. The first-order valence-electron chi connectivity index (χ1n) is 3.71. The molecule has 1 heterocycles. The largest absolute Gasteiger partial charge is 0.324 e. The monoisotopic (exact) mass is 226 g/mol. The van der Waals surface area contributed by atoms with Crippen LogP contribution < -0.4 is 5.73 Å². The third-order valence-electron chi connectivity index (χ3n) is 1.57. The molecule has 0 aromatic carbocycles. The van der Waals surface area contributed by atoms with Crippen molar-refractivity contribution >= 4 is 15.9 Å². The van der Waals surface area contributed by atoms with Gasteiger partial charge in [-0.1, -0.05) is 6.08 Å². The van der Waals surface area contributed by atoms with E-state index in [1.54, 1.807) is 12.4 Å². The molecule has 2 nitrogen and oxygen atoms in total. The predicted molar refractivity (Wildman–Crippen MR) is 53.7 cm³/mol. The van der Waals surface area contributed by atoms with Crippen molar-refractivity contribution in [2.45, 2.75) is 12.5 Å². The summed E-state index contributed by atoms with van der Waals surface area (Å²) in [6.45, 7) is 3.64. The Kier molecular flexibility index (Phi) is 3.44. The summed E-state index contributed by atoms with van der Waals surface area (Å²) in [6, 6.07) is 1.98. The topological polar surface area (TPSA) is 38.9 Å². The number of hydrogen-bond acceptors (Lipinski definition) is 2. The van der Waals surface area contributed by atoms with Crippen LogP contribution in [0.5, 0.6) is 0 Å². The molecule has 0 fully saturated rings. The molecule has 0 aliphatic rings. The highest BCUT2D eigenvalue weighted by atomic mass is 79.9. The molecule has 1 unspecified atom stereocenters. The number of rotatable bonds is 3. The molecule has 0 saturated carbocycles. The highest BCUT2D eigenvalue weighted by molar-refractivity contribution is 9.10. The third-order valence-corrected chi connectivity index (χ3v) is 2.01. The van der Waals surface area contributed by atoms with Gasteiger partial charge in [0.1, 0.15) is 0 Å². The van der Waals surface area contributed by atoms with E-state index in [2.05, 4.69) is 27.5 Å².